The fraction of sp³-hybridized carbons (Fsp3) is 0.200. The minimum atomic E-state index is -0.530. The van der Waals surface area contributed by atoms with Crippen molar-refractivity contribution >= 4 is 28.4 Å². The Morgan fingerprint density at radius 1 is 0.771 bits per heavy atom. The number of rotatable bonds is 7. The van der Waals surface area contributed by atoms with Crippen LogP contribution in [-0.2, 0) is 14.1 Å². The first kappa shape index (κ1) is 23.6. The molecule has 4 aromatic rings. The van der Waals surface area contributed by atoms with Crippen LogP contribution in [0.25, 0.3) is 11.0 Å². The molecule has 10 heteroatoms. The van der Waals surface area contributed by atoms with Gasteiger partial charge in [0.2, 0.25) is 5.75 Å². The second-order valence-electron chi connectivity index (χ2n) is 7.65. The molecule has 2 amide bonds. The number of hydrogen-bond acceptors (Lipinski definition) is 6. The smallest absolute Gasteiger partial charge is 0.328 e. The summed E-state index contributed by atoms with van der Waals surface area (Å²) in [5.41, 5.74) is 1.92. The molecule has 0 aliphatic rings. The van der Waals surface area contributed by atoms with Gasteiger partial charge in [0.05, 0.1) is 43.7 Å². The number of nitrogens with zero attached hydrogens (tertiary/aromatic N) is 2. The zero-order valence-electron chi connectivity index (χ0n) is 20.0. The van der Waals surface area contributed by atoms with Crippen molar-refractivity contribution < 1.29 is 23.7 Å². The molecule has 1 heterocycles. The third-order valence-corrected chi connectivity index (χ3v) is 5.52. The Kier molecular flexibility index (Phi) is 6.54. The van der Waals surface area contributed by atoms with Crippen molar-refractivity contribution in [3.63, 3.8) is 0 Å². The van der Waals surface area contributed by atoms with Crippen LogP contribution < -0.4 is 35.3 Å². The van der Waals surface area contributed by atoms with Crippen molar-refractivity contribution in [3.05, 3.63) is 65.1 Å². The Morgan fingerprint density at radius 2 is 1.37 bits per heavy atom. The third kappa shape index (κ3) is 4.58. The largest absolute Gasteiger partial charge is 0.493 e. The maximum Gasteiger partial charge on any atom is 0.328 e. The van der Waals surface area contributed by atoms with Crippen LogP contribution in [0.5, 0.6) is 28.7 Å². The van der Waals surface area contributed by atoms with E-state index in [-0.39, 0.29) is 5.69 Å². The number of hydrogen-bond donors (Lipinski definition) is 2. The van der Waals surface area contributed by atoms with Crippen LogP contribution in [0, 0.1) is 0 Å². The lowest BCUT2D eigenvalue weighted by atomic mass is 10.2. The van der Waals surface area contributed by atoms with Crippen LogP contribution in [0.15, 0.2) is 59.4 Å². The minimum absolute atomic E-state index is 0.190. The van der Waals surface area contributed by atoms with Gasteiger partial charge in [0, 0.05) is 32.3 Å². The van der Waals surface area contributed by atoms with Gasteiger partial charge in [0.25, 0.3) is 0 Å². The first-order valence-corrected chi connectivity index (χ1v) is 10.7. The number of amides is 2. The average Bonchev–Trinajstić information content (AvgIpc) is 3.07. The van der Waals surface area contributed by atoms with Crippen molar-refractivity contribution in [3.8, 4) is 28.7 Å². The highest BCUT2D eigenvalue weighted by Gasteiger charge is 2.18. The number of nitrogens with one attached hydrogen (secondary N) is 2. The molecule has 35 heavy (non-hydrogen) atoms. The number of anilines is 2. The molecule has 0 atom stereocenters. The number of aromatic nitrogens is 2. The van der Waals surface area contributed by atoms with E-state index in [1.807, 2.05) is 18.2 Å². The van der Waals surface area contributed by atoms with Crippen molar-refractivity contribution in [1.29, 1.82) is 0 Å². The molecular weight excluding hydrogens is 452 g/mol. The number of aryl methyl sites for hydroxylation is 2. The molecule has 0 unspecified atom stereocenters. The zero-order chi connectivity index (χ0) is 25.1. The summed E-state index contributed by atoms with van der Waals surface area (Å²) < 4.78 is 25.1. The van der Waals surface area contributed by atoms with Gasteiger partial charge in [0.1, 0.15) is 5.75 Å². The van der Waals surface area contributed by atoms with E-state index in [4.69, 9.17) is 18.9 Å². The molecule has 1 aromatic heterocycles. The highest BCUT2D eigenvalue weighted by Crippen LogP contribution is 2.40. The summed E-state index contributed by atoms with van der Waals surface area (Å²) in [5.74, 6) is 2.17. The Hall–Kier alpha value is -4.60. The van der Waals surface area contributed by atoms with Crippen molar-refractivity contribution in [2.24, 2.45) is 14.1 Å². The first-order chi connectivity index (χ1) is 16.9. The number of methoxy groups -OCH3 is 3. The Balaban J connectivity index is 1.69. The molecule has 0 aliphatic heterocycles. The van der Waals surface area contributed by atoms with Gasteiger partial charge in [-0.15, -0.1) is 0 Å². The quantitative estimate of drug-likeness (QED) is 0.410. The summed E-state index contributed by atoms with van der Waals surface area (Å²) in [4.78, 5) is 25.4. The van der Waals surface area contributed by atoms with E-state index >= 15 is 0 Å². The van der Waals surface area contributed by atoms with Gasteiger partial charge in [0.15, 0.2) is 17.2 Å². The van der Waals surface area contributed by atoms with Crippen LogP contribution in [0.3, 0.4) is 0 Å². The normalized spacial score (nSPS) is 10.7. The summed E-state index contributed by atoms with van der Waals surface area (Å²) >= 11 is 0. The molecule has 0 saturated carbocycles. The van der Waals surface area contributed by atoms with E-state index in [0.29, 0.717) is 51.2 Å². The summed E-state index contributed by atoms with van der Waals surface area (Å²) in [6.45, 7) is 0. The number of benzene rings is 3. The van der Waals surface area contributed by atoms with Gasteiger partial charge in [-0.3, -0.25) is 9.13 Å². The predicted molar refractivity (Wildman–Crippen MR) is 133 cm³/mol. The minimum Gasteiger partial charge on any atom is -0.493 e. The molecule has 0 bridgehead atoms. The van der Waals surface area contributed by atoms with Gasteiger partial charge in [-0.05, 0) is 18.2 Å². The number of carbonyl (C=O) groups is 1. The van der Waals surface area contributed by atoms with E-state index in [1.54, 1.807) is 50.5 Å². The number of fused-ring (bicyclic) bond motifs is 1. The number of urea groups is 1. The molecule has 10 nitrogen and oxygen atoms in total. The van der Waals surface area contributed by atoms with Crippen LogP contribution in [-0.4, -0.2) is 36.5 Å². The first-order valence-electron chi connectivity index (χ1n) is 10.7. The molecular formula is C25H26N4O6. The molecule has 3 aromatic carbocycles. The lowest BCUT2D eigenvalue weighted by molar-refractivity contribution is 0.262. The monoisotopic (exact) mass is 478 g/mol. The second-order valence-corrected chi connectivity index (χ2v) is 7.65. The molecule has 0 spiro atoms. The molecule has 0 saturated heterocycles. The Bertz CT molecular complexity index is 1420. The summed E-state index contributed by atoms with van der Waals surface area (Å²) in [7, 11) is 7.84. The third-order valence-electron chi connectivity index (χ3n) is 5.52. The predicted octanol–water partition coefficient (Wildman–Crippen LogP) is 4.34. The van der Waals surface area contributed by atoms with Gasteiger partial charge in [-0.1, -0.05) is 18.2 Å². The Labute approximate surface area is 201 Å². The molecule has 2 N–H and O–H groups in total. The topological polar surface area (TPSA) is 105 Å². The number of ether oxygens (including phenoxy) is 4. The molecule has 0 radical (unpaired) electrons. The standard InChI is InChI=1S/C25H26N4O6/c1-28-18-13-17(20(14-19(18)29(2)25(28)31)35-16-9-7-6-8-10-16)27-24(30)26-15-11-21(32-3)23(34-5)22(12-15)33-4/h6-14H,1-5H3,(H2,26,27,30). The van der Waals surface area contributed by atoms with Gasteiger partial charge >= 0.3 is 11.7 Å². The maximum atomic E-state index is 13.0. The van der Waals surface area contributed by atoms with Gasteiger partial charge in [-0.25, -0.2) is 9.59 Å². The number of carbonyl (C=O) groups excluding carboxylic acids is 1. The molecule has 0 aliphatic carbocycles. The van der Waals surface area contributed by atoms with E-state index in [2.05, 4.69) is 10.6 Å². The lowest BCUT2D eigenvalue weighted by Crippen LogP contribution is -2.20. The number of imidazole rings is 1. The van der Waals surface area contributed by atoms with Crippen molar-refractivity contribution in [2.75, 3.05) is 32.0 Å². The number of para-hydroxylation sites is 1. The van der Waals surface area contributed by atoms with E-state index < -0.39 is 6.03 Å². The molecule has 0 fully saturated rings. The fourth-order valence-corrected chi connectivity index (χ4v) is 3.76. The van der Waals surface area contributed by atoms with Gasteiger partial charge < -0.3 is 29.6 Å². The highest BCUT2D eigenvalue weighted by atomic mass is 16.5. The van der Waals surface area contributed by atoms with Crippen molar-refractivity contribution in [1.82, 2.24) is 9.13 Å². The maximum absolute atomic E-state index is 13.0. The summed E-state index contributed by atoms with van der Waals surface area (Å²) in [5, 5.41) is 5.58. The van der Waals surface area contributed by atoms with E-state index in [0.717, 1.165) is 0 Å². The molecule has 4 rings (SSSR count). The van der Waals surface area contributed by atoms with Crippen LogP contribution >= 0.6 is 0 Å². The zero-order valence-corrected chi connectivity index (χ0v) is 20.0. The lowest BCUT2D eigenvalue weighted by Gasteiger charge is -2.16. The Morgan fingerprint density at radius 3 is 1.94 bits per heavy atom. The van der Waals surface area contributed by atoms with E-state index in [9.17, 15) is 9.59 Å². The van der Waals surface area contributed by atoms with Crippen LogP contribution in [0.2, 0.25) is 0 Å². The second kappa shape index (κ2) is 9.72. The van der Waals surface area contributed by atoms with Crippen LogP contribution in [0.1, 0.15) is 0 Å². The highest BCUT2D eigenvalue weighted by molar-refractivity contribution is 6.02. The van der Waals surface area contributed by atoms with Crippen molar-refractivity contribution in [2.45, 2.75) is 0 Å². The van der Waals surface area contributed by atoms with Crippen LogP contribution in [0.4, 0.5) is 16.2 Å². The molecule has 182 valence electrons. The average molecular weight is 479 g/mol. The van der Waals surface area contributed by atoms with E-state index in [1.165, 1.54) is 30.5 Å². The fourth-order valence-electron chi connectivity index (χ4n) is 3.76. The van der Waals surface area contributed by atoms with Gasteiger partial charge in [-0.2, -0.15) is 0 Å². The SMILES string of the molecule is COc1cc(NC(=O)Nc2cc3c(cc2Oc2ccccc2)n(C)c(=O)n3C)cc(OC)c1OC. The summed E-state index contributed by atoms with van der Waals surface area (Å²) in [6, 6.07) is 15.3. The summed E-state index contributed by atoms with van der Waals surface area (Å²) in [6.07, 6.45) is 0.